The summed E-state index contributed by atoms with van der Waals surface area (Å²) < 4.78 is 29.9. The maximum Gasteiger partial charge on any atom is 0.214 e. The highest BCUT2D eigenvalue weighted by atomic mass is 32.2. The summed E-state index contributed by atoms with van der Waals surface area (Å²) in [5, 5.41) is 0. The molecule has 1 saturated heterocycles. The Morgan fingerprint density at radius 2 is 2.27 bits per heavy atom. The summed E-state index contributed by atoms with van der Waals surface area (Å²) in [5.41, 5.74) is 5.52. The Morgan fingerprint density at radius 1 is 1.53 bits per heavy atom. The van der Waals surface area contributed by atoms with Crippen LogP contribution in [0.3, 0.4) is 0 Å². The summed E-state index contributed by atoms with van der Waals surface area (Å²) in [6, 6.07) is 0. The molecule has 0 aromatic heterocycles. The van der Waals surface area contributed by atoms with Gasteiger partial charge < -0.3 is 10.5 Å². The van der Waals surface area contributed by atoms with Crippen LogP contribution in [0.25, 0.3) is 0 Å². The van der Waals surface area contributed by atoms with Crippen LogP contribution in [-0.2, 0) is 14.8 Å². The summed E-state index contributed by atoms with van der Waals surface area (Å²) in [6.45, 7) is 4.15. The van der Waals surface area contributed by atoms with E-state index >= 15 is 0 Å². The van der Waals surface area contributed by atoms with Gasteiger partial charge in [0.05, 0.1) is 11.9 Å². The van der Waals surface area contributed by atoms with E-state index in [1.54, 1.807) is 0 Å². The smallest absolute Gasteiger partial charge is 0.214 e. The SMILES string of the molecule is CCOC(CN)CCN1CCCS1(=O)=O. The van der Waals surface area contributed by atoms with E-state index in [1.165, 1.54) is 4.31 Å². The zero-order valence-electron chi connectivity index (χ0n) is 9.18. The van der Waals surface area contributed by atoms with E-state index in [2.05, 4.69) is 0 Å². The number of hydrogen-bond acceptors (Lipinski definition) is 4. The lowest BCUT2D eigenvalue weighted by Gasteiger charge is -2.19. The molecule has 15 heavy (non-hydrogen) atoms. The van der Waals surface area contributed by atoms with Crippen molar-refractivity contribution in [3.8, 4) is 0 Å². The molecule has 0 saturated carbocycles. The summed E-state index contributed by atoms with van der Waals surface area (Å²) in [7, 11) is -2.97. The minimum absolute atomic E-state index is 0.0224. The van der Waals surface area contributed by atoms with Gasteiger partial charge >= 0.3 is 0 Å². The van der Waals surface area contributed by atoms with Crippen LogP contribution in [0, 0.1) is 0 Å². The first-order valence-electron chi connectivity index (χ1n) is 5.39. The molecule has 1 heterocycles. The Hall–Kier alpha value is -0.170. The molecule has 1 rings (SSSR count). The summed E-state index contributed by atoms with van der Waals surface area (Å²) in [5.74, 6) is 0.287. The van der Waals surface area contributed by atoms with Gasteiger partial charge in [-0.25, -0.2) is 12.7 Å². The van der Waals surface area contributed by atoms with E-state index in [1.807, 2.05) is 6.92 Å². The Labute approximate surface area is 91.6 Å². The molecule has 1 aliphatic rings. The van der Waals surface area contributed by atoms with E-state index in [0.717, 1.165) is 6.42 Å². The molecule has 0 bridgehead atoms. The van der Waals surface area contributed by atoms with Crippen molar-refractivity contribution in [1.29, 1.82) is 0 Å². The predicted molar refractivity (Wildman–Crippen MR) is 59.1 cm³/mol. The fourth-order valence-corrected chi connectivity index (χ4v) is 3.28. The van der Waals surface area contributed by atoms with Crippen LogP contribution in [0.5, 0.6) is 0 Å². The molecule has 0 aliphatic carbocycles. The normalized spacial score (nSPS) is 23.1. The Bertz CT molecular complexity index is 279. The molecule has 0 radical (unpaired) electrons. The van der Waals surface area contributed by atoms with Gasteiger partial charge in [-0.2, -0.15) is 0 Å². The zero-order chi connectivity index (χ0) is 11.3. The fourth-order valence-electron chi connectivity index (χ4n) is 1.74. The highest BCUT2D eigenvalue weighted by molar-refractivity contribution is 7.89. The third-order valence-corrected chi connectivity index (χ3v) is 4.53. The Morgan fingerprint density at radius 3 is 2.73 bits per heavy atom. The average Bonchev–Trinajstić information content (AvgIpc) is 2.52. The first-order chi connectivity index (χ1) is 7.10. The van der Waals surface area contributed by atoms with Gasteiger partial charge in [0.25, 0.3) is 0 Å². The quantitative estimate of drug-likeness (QED) is 0.692. The van der Waals surface area contributed by atoms with Crippen molar-refractivity contribution in [3.05, 3.63) is 0 Å². The highest BCUT2D eigenvalue weighted by Crippen LogP contribution is 2.14. The van der Waals surface area contributed by atoms with Gasteiger partial charge in [0.15, 0.2) is 0 Å². The van der Waals surface area contributed by atoms with Gasteiger partial charge in [0.1, 0.15) is 0 Å². The lowest BCUT2D eigenvalue weighted by atomic mass is 10.2. The van der Waals surface area contributed by atoms with Crippen molar-refractivity contribution in [2.45, 2.75) is 25.9 Å². The number of nitrogens with zero attached hydrogens (tertiary/aromatic N) is 1. The third kappa shape index (κ3) is 3.71. The van der Waals surface area contributed by atoms with Crippen molar-refractivity contribution in [1.82, 2.24) is 4.31 Å². The molecule has 1 fully saturated rings. The molecular formula is C9H20N2O3S. The summed E-state index contributed by atoms with van der Waals surface area (Å²) >= 11 is 0. The van der Waals surface area contributed by atoms with Crippen LogP contribution in [0.1, 0.15) is 19.8 Å². The van der Waals surface area contributed by atoms with E-state index in [0.29, 0.717) is 32.7 Å². The molecule has 2 N–H and O–H groups in total. The van der Waals surface area contributed by atoms with Gasteiger partial charge in [0, 0.05) is 26.2 Å². The summed E-state index contributed by atoms with van der Waals surface area (Å²) in [4.78, 5) is 0. The Kier molecular flexibility index (Phi) is 4.98. The topological polar surface area (TPSA) is 72.6 Å². The van der Waals surface area contributed by atoms with Crippen LogP contribution in [0.15, 0.2) is 0 Å². The third-order valence-electron chi connectivity index (χ3n) is 2.57. The van der Waals surface area contributed by atoms with Crippen LogP contribution in [0.2, 0.25) is 0 Å². The standard InChI is InChI=1S/C9H20N2O3S/c1-2-14-9(8-10)4-6-11-5-3-7-15(11,12)13/h9H,2-8,10H2,1H3. The molecule has 1 atom stereocenters. The summed E-state index contributed by atoms with van der Waals surface area (Å²) in [6.07, 6.45) is 1.40. The maximum absolute atomic E-state index is 11.5. The van der Waals surface area contributed by atoms with E-state index < -0.39 is 10.0 Å². The van der Waals surface area contributed by atoms with Crippen LogP contribution < -0.4 is 5.73 Å². The van der Waals surface area contributed by atoms with Gasteiger partial charge in [-0.15, -0.1) is 0 Å². The highest BCUT2D eigenvalue weighted by Gasteiger charge is 2.28. The largest absolute Gasteiger partial charge is 0.377 e. The number of sulfonamides is 1. The average molecular weight is 236 g/mol. The van der Waals surface area contributed by atoms with E-state index in [4.69, 9.17) is 10.5 Å². The van der Waals surface area contributed by atoms with Crippen molar-refractivity contribution < 1.29 is 13.2 Å². The molecule has 1 unspecified atom stereocenters. The van der Waals surface area contributed by atoms with Crippen molar-refractivity contribution in [2.24, 2.45) is 5.73 Å². The lowest BCUT2D eigenvalue weighted by molar-refractivity contribution is 0.0599. The first-order valence-corrected chi connectivity index (χ1v) is 7.00. The molecule has 0 aromatic carbocycles. The Balaban J connectivity index is 2.35. The number of rotatable bonds is 6. The predicted octanol–water partition coefficient (Wildman–Crippen LogP) is -0.224. The van der Waals surface area contributed by atoms with E-state index in [-0.39, 0.29) is 11.9 Å². The molecule has 0 amide bonds. The zero-order valence-corrected chi connectivity index (χ0v) is 10.0. The first kappa shape index (κ1) is 12.9. The molecule has 5 nitrogen and oxygen atoms in total. The monoisotopic (exact) mass is 236 g/mol. The lowest BCUT2D eigenvalue weighted by Crippen LogP contribution is -2.32. The van der Waals surface area contributed by atoms with Gasteiger partial charge in [-0.3, -0.25) is 0 Å². The fraction of sp³-hybridized carbons (Fsp3) is 1.00. The molecule has 6 heteroatoms. The van der Waals surface area contributed by atoms with E-state index in [9.17, 15) is 8.42 Å². The minimum atomic E-state index is -2.97. The number of nitrogens with two attached hydrogens (primary N) is 1. The minimum Gasteiger partial charge on any atom is -0.377 e. The van der Waals surface area contributed by atoms with Crippen molar-refractivity contribution in [3.63, 3.8) is 0 Å². The van der Waals surface area contributed by atoms with Gasteiger partial charge in [-0.05, 0) is 19.8 Å². The van der Waals surface area contributed by atoms with Crippen LogP contribution >= 0.6 is 0 Å². The van der Waals surface area contributed by atoms with Gasteiger partial charge in [-0.1, -0.05) is 0 Å². The number of hydrogen-bond donors (Lipinski definition) is 1. The molecule has 0 spiro atoms. The second-order valence-electron chi connectivity index (χ2n) is 3.67. The molecule has 0 aromatic rings. The van der Waals surface area contributed by atoms with Crippen molar-refractivity contribution >= 4 is 10.0 Å². The number of ether oxygens (including phenoxy) is 1. The maximum atomic E-state index is 11.5. The molecule has 1 aliphatic heterocycles. The molecular weight excluding hydrogens is 216 g/mol. The second kappa shape index (κ2) is 5.79. The molecule has 90 valence electrons. The van der Waals surface area contributed by atoms with Crippen molar-refractivity contribution in [2.75, 3.05) is 32.0 Å². The van der Waals surface area contributed by atoms with Gasteiger partial charge in [0.2, 0.25) is 10.0 Å². The second-order valence-corrected chi connectivity index (χ2v) is 5.76. The van der Waals surface area contributed by atoms with Crippen LogP contribution in [-0.4, -0.2) is 50.8 Å². The van der Waals surface area contributed by atoms with Crippen LogP contribution in [0.4, 0.5) is 0 Å².